The number of nitrogens with two attached hydrogens (primary N) is 1. The van der Waals surface area contributed by atoms with Crippen LogP contribution in [0.15, 0.2) is 89.8 Å². The highest BCUT2D eigenvalue weighted by atomic mass is 32.1. The molecule has 0 saturated heterocycles. The van der Waals surface area contributed by atoms with E-state index in [9.17, 15) is 19.2 Å². The number of ether oxygens (including phenoxy) is 1. The van der Waals surface area contributed by atoms with Gasteiger partial charge in [0, 0.05) is 42.6 Å². The molecule has 4 N–H and O–H groups in total. The molecular weight excluding hydrogens is 627 g/mol. The molecule has 0 fully saturated rings. The van der Waals surface area contributed by atoms with Crippen LogP contribution in [0, 0.1) is 13.8 Å². The maximum absolute atomic E-state index is 14.8. The number of para-hydroxylation sites is 1. The highest BCUT2D eigenvalue weighted by Crippen LogP contribution is 2.26. The van der Waals surface area contributed by atoms with Crippen LogP contribution >= 0.6 is 11.3 Å². The number of hydrogen-bond donors (Lipinski definition) is 3. The highest BCUT2D eigenvalue weighted by Gasteiger charge is 2.42. The number of nitrogens with one attached hydrogen (secondary N) is 2. The molecule has 11 heteroatoms. The number of aromatic amines is 1. The van der Waals surface area contributed by atoms with Crippen LogP contribution in [0.3, 0.4) is 0 Å². The monoisotopic (exact) mass is 665 g/mol. The summed E-state index contributed by atoms with van der Waals surface area (Å²) in [7, 11) is 1.53. The minimum absolute atomic E-state index is 0.0429. The molecule has 0 radical (unpaired) electrons. The summed E-state index contributed by atoms with van der Waals surface area (Å²) in [5.41, 5.74) is 8.68. The van der Waals surface area contributed by atoms with Crippen molar-refractivity contribution in [3.05, 3.63) is 118 Å². The molecule has 10 nitrogen and oxygen atoms in total. The topological polar surface area (TPSA) is 138 Å². The van der Waals surface area contributed by atoms with Crippen molar-refractivity contribution in [1.82, 2.24) is 20.2 Å². The van der Waals surface area contributed by atoms with Gasteiger partial charge in [0.2, 0.25) is 0 Å². The fourth-order valence-corrected chi connectivity index (χ4v) is 6.61. The van der Waals surface area contributed by atoms with E-state index in [1.807, 2.05) is 85.3 Å². The Kier molecular flexibility index (Phi) is 10.7. The SMILES string of the molecule is CCOC(=O)N(C(=O)[C@H](Cc1ccc(-c2ccsc2)cc1)N(C)C(=O)c1cc(C)cc(C)c1)[C@@H](Cc1c[nH]c2ccccc12)C(=O)NN. The average molecular weight is 666 g/mol. The largest absolute Gasteiger partial charge is 0.449 e. The number of hydrazine groups is 1. The zero-order chi connectivity index (χ0) is 34.4. The predicted molar refractivity (Wildman–Crippen MR) is 187 cm³/mol. The van der Waals surface area contributed by atoms with Crippen LogP contribution < -0.4 is 11.3 Å². The Bertz CT molecular complexity index is 1900. The van der Waals surface area contributed by atoms with Crippen molar-refractivity contribution in [2.75, 3.05) is 13.7 Å². The fraction of sp³-hybridized carbons (Fsp3) is 0.243. The van der Waals surface area contributed by atoms with Gasteiger partial charge in [-0.25, -0.2) is 15.5 Å². The Morgan fingerprint density at radius 3 is 2.27 bits per heavy atom. The Balaban J connectivity index is 1.57. The van der Waals surface area contributed by atoms with Gasteiger partial charge in [0.1, 0.15) is 12.1 Å². The molecule has 5 rings (SSSR count). The summed E-state index contributed by atoms with van der Waals surface area (Å²) in [6.45, 7) is 5.36. The minimum atomic E-state index is -1.38. The molecule has 0 bridgehead atoms. The summed E-state index contributed by atoms with van der Waals surface area (Å²) < 4.78 is 5.36. The predicted octanol–water partition coefficient (Wildman–Crippen LogP) is 5.78. The van der Waals surface area contributed by atoms with Crippen LogP contribution in [0.5, 0.6) is 0 Å². The van der Waals surface area contributed by atoms with E-state index in [-0.39, 0.29) is 19.4 Å². The first-order valence-electron chi connectivity index (χ1n) is 15.6. The van der Waals surface area contributed by atoms with Crippen molar-refractivity contribution in [1.29, 1.82) is 0 Å². The van der Waals surface area contributed by atoms with E-state index >= 15 is 0 Å². The van der Waals surface area contributed by atoms with Gasteiger partial charge in [0.15, 0.2) is 0 Å². The van der Waals surface area contributed by atoms with Gasteiger partial charge >= 0.3 is 6.09 Å². The van der Waals surface area contributed by atoms with Gasteiger partial charge in [-0.1, -0.05) is 59.7 Å². The van der Waals surface area contributed by atoms with Crippen molar-refractivity contribution < 1.29 is 23.9 Å². The summed E-state index contributed by atoms with van der Waals surface area (Å²) >= 11 is 1.60. The van der Waals surface area contributed by atoms with Gasteiger partial charge < -0.3 is 14.6 Å². The van der Waals surface area contributed by atoms with Gasteiger partial charge in [-0.15, -0.1) is 0 Å². The smallest absolute Gasteiger partial charge is 0.417 e. The number of carbonyl (C=O) groups excluding carboxylic acids is 4. The Morgan fingerprint density at radius 1 is 0.917 bits per heavy atom. The van der Waals surface area contributed by atoms with E-state index in [1.54, 1.807) is 36.6 Å². The number of nitrogens with zero attached hydrogens (tertiary/aromatic N) is 2. The molecule has 248 valence electrons. The van der Waals surface area contributed by atoms with E-state index in [1.165, 1.54) is 11.9 Å². The summed E-state index contributed by atoms with van der Waals surface area (Å²) in [5, 5.41) is 4.87. The Morgan fingerprint density at radius 2 is 1.62 bits per heavy atom. The van der Waals surface area contributed by atoms with Crippen molar-refractivity contribution in [3.8, 4) is 11.1 Å². The number of imide groups is 1. The second-order valence-corrected chi connectivity index (χ2v) is 12.5. The van der Waals surface area contributed by atoms with Crippen molar-refractivity contribution in [2.45, 2.75) is 45.7 Å². The van der Waals surface area contributed by atoms with Crippen LogP contribution in [-0.2, 0) is 27.2 Å². The first-order valence-corrected chi connectivity index (χ1v) is 16.6. The molecule has 2 atom stereocenters. The molecule has 0 unspecified atom stereocenters. The van der Waals surface area contributed by atoms with E-state index < -0.39 is 35.9 Å². The lowest BCUT2D eigenvalue weighted by Gasteiger charge is -2.34. The lowest BCUT2D eigenvalue weighted by atomic mass is 9.98. The number of H-pyrrole nitrogens is 1. The highest BCUT2D eigenvalue weighted by molar-refractivity contribution is 7.08. The van der Waals surface area contributed by atoms with Crippen LogP contribution in [0.25, 0.3) is 22.0 Å². The third-order valence-corrected chi connectivity index (χ3v) is 9.01. The summed E-state index contributed by atoms with van der Waals surface area (Å²) in [4.78, 5) is 61.2. The lowest BCUT2D eigenvalue weighted by molar-refractivity contribution is -0.141. The van der Waals surface area contributed by atoms with Gasteiger partial charge in [-0.2, -0.15) is 11.3 Å². The van der Waals surface area contributed by atoms with Gasteiger partial charge in [0.25, 0.3) is 17.7 Å². The lowest BCUT2D eigenvalue weighted by Crippen LogP contribution is -2.60. The zero-order valence-electron chi connectivity index (χ0n) is 27.4. The van der Waals surface area contributed by atoms with Crippen LogP contribution in [-0.4, -0.2) is 64.3 Å². The average Bonchev–Trinajstić information content (AvgIpc) is 3.77. The van der Waals surface area contributed by atoms with Crippen molar-refractivity contribution >= 4 is 46.1 Å². The molecular formula is C37H39N5O5S. The number of fused-ring (bicyclic) bond motifs is 1. The van der Waals surface area contributed by atoms with Crippen LogP contribution in [0.4, 0.5) is 4.79 Å². The number of aromatic nitrogens is 1. The zero-order valence-corrected chi connectivity index (χ0v) is 28.2. The third kappa shape index (κ3) is 7.48. The number of aryl methyl sites for hydroxylation is 2. The standard InChI is InChI=1S/C37H39N5O5S/c1-5-47-37(46)42(32(34(43)40-38)20-29-21-39-31-9-7-6-8-30(29)31)36(45)33(41(4)35(44)28-17-23(2)16-24(3)18-28)19-25-10-12-26(13-11-25)27-14-15-48-22-27/h6-18,21-22,32-33,39H,5,19-20,38H2,1-4H3,(H,40,43)/t32-,33-/m0/s1. The Hall–Kier alpha value is -5.26. The molecule has 48 heavy (non-hydrogen) atoms. The normalized spacial score (nSPS) is 12.3. The molecule has 0 aliphatic carbocycles. The maximum atomic E-state index is 14.8. The van der Waals surface area contributed by atoms with E-state index in [4.69, 9.17) is 10.6 Å². The molecule has 2 heterocycles. The van der Waals surface area contributed by atoms with Crippen LogP contribution in [0.2, 0.25) is 0 Å². The third-order valence-electron chi connectivity index (χ3n) is 8.33. The maximum Gasteiger partial charge on any atom is 0.417 e. The molecule has 0 saturated carbocycles. The van der Waals surface area contributed by atoms with Gasteiger partial charge in [-0.3, -0.25) is 19.8 Å². The van der Waals surface area contributed by atoms with Gasteiger partial charge in [0.05, 0.1) is 6.61 Å². The second-order valence-electron chi connectivity index (χ2n) is 11.7. The quantitative estimate of drug-likeness (QED) is 0.0929. The molecule has 4 amide bonds. The fourth-order valence-electron chi connectivity index (χ4n) is 5.95. The van der Waals surface area contributed by atoms with Gasteiger partial charge in [-0.05, 0) is 78.1 Å². The number of benzene rings is 3. The number of thiophene rings is 1. The summed E-state index contributed by atoms with van der Waals surface area (Å²) in [5.74, 6) is 3.69. The molecule has 3 aromatic carbocycles. The molecule has 0 aliphatic heterocycles. The number of likely N-dealkylation sites (N-methyl/N-ethyl adjacent to an activating group) is 1. The van der Waals surface area contributed by atoms with E-state index in [0.29, 0.717) is 11.1 Å². The summed E-state index contributed by atoms with van der Waals surface area (Å²) in [6, 6.07) is 20.1. The minimum Gasteiger partial charge on any atom is -0.449 e. The second kappa shape index (κ2) is 15.1. The first kappa shape index (κ1) is 34.1. The van der Waals surface area contributed by atoms with Crippen molar-refractivity contribution in [2.24, 2.45) is 5.84 Å². The van der Waals surface area contributed by atoms with Crippen LogP contribution in [0.1, 0.15) is 39.5 Å². The number of carbonyl (C=O) groups is 4. The summed E-state index contributed by atoms with van der Waals surface area (Å²) in [6.07, 6.45) is 0.739. The van der Waals surface area contributed by atoms with Crippen molar-refractivity contribution in [3.63, 3.8) is 0 Å². The number of rotatable bonds is 11. The molecule has 0 aliphatic rings. The molecule has 5 aromatic rings. The number of amides is 4. The van der Waals surface area contributed by atoms with E-state index in [0.717, 1.165) is 43.6 Å². The first-order chi connectivity index (χ1) is 23.1. The number of hydrogen-bond acceptors (Lipinski definition) is 7. The molecule has 0 spiro atoms. The Labute approximate surface area is 283 Å². The molecule has 2 aromatic heterocycles. The van der Waals surface area contributed by atoms with E-state index in [2.05, 4.69) is 10.4 Å².